The smallest absolute Gasteiger partial charge is 0.234 e. The quantitative estimate of drug-likeness (QED) is 0.545. The molecular weight excluding hydrogens is 244 g/mol. The van der Waals surface area contributed by atoms with Gasteiger partial charge in [0.15, 0.2) is 11.5 Å². The molecule has 5 heteroatoms. The molecule has 1 aromatic rings. The molecule has 0 radical (unpaired) electrons. The molecule has 0 aliphatic heterocycles. The van der Waals surface area contributed by atoms with Crippen molar-refractivity contribution in [3.63, 3.8) is 0 Å². The molecule has 0 aliphatic rings. The molecule has 0 aromatic heterocycles. The Bertz CT molecular complexity index is 433. The molecule has 1 aromatic carbocycles. The first-order valence-corrected chi connectivity index (χ1v) is 6.00. The number of hydrogen-bond donors (Lipinski definition) is 2. The van der Waals surface area contributed by atoms with Crippen molar-refractivity contribution in [1.29, 1.82) is 0 Å². The fraction of sp³-hybridized carbons (Fsp3) is 0.357. The van der Waals surface area contributed by atoms with Crippen LogP contribution >= 0.6 is 0 Å². The lowest BCUT2D eigenvalue weighted by Gasteiger charge is -2.10. The summed E-state index contributed by atoms with van der Waals surface area (Å²) in [6.45, 7) is 4.91. The lowest BCUT2D eigenvalue weighted by Crippen LogP contribution is -2.33. The van der Waals surface area contributed by atoms with Gasteiger partial charge in [0.25, 0.3) is 0 Å². The van der Waals surface area contributed by atoms with E-state index in [1.807, 2.05) is 18.2 Å². The number of nitrogens with one attached hydrogen (secondary N) is 2. The van der Waals surface area contributed by atoms with Gasteiger partial charge in [-0.3, -0.25) is 4.79 Å². The first kappa shape index (κ1) is 15.0. The lowest BCUT2D eigenvalue weighted by atomic mass is 10.2. The Labute approximate surface area is 113 Å². The lowest BCUT2D eigenvalue weighted by molar-refractivity contribution is -0.120. The first-order valence-electron chi connectivity index (χ1n) is 6.00. The number of hydrogen-bond acceptors (Lipinski definition) is 4. The van der Waals surface area contributed by atoms with Crippen molar-refractivity contribution < 1.29 is 14.3 Å². The van der Waals surface area contributed by atoms with E-state index in [-0.39, 0.29) is 12.5 Å². The highest BCUT2D eigenvalue weighted by atomic mass is 16.5. The average Bonchev–Trinajstić information content (AvgIpc) is 2.45. The Hall–Kier alpha value is -2.01. The van der Waals surface area contributed by atoms with Crippen molar-refractivity contribution >= 4 is 5.91 Å². The average molecular weight is 264 g/mol. The Morgan fingerprint density at radius 2 is 2.05 bits per heavy atom. The van der Waals surface area contributed by atoms with E-state index in [4.69, 9.17) is 9.47 Å². The zero-order valence-corrected chi connectivity index (χ0v) is 11.4. The summed E-state index contributed by atoms with van der Waals surface area (Å²) in [5.41, 5.74) is 0.953. The van der Waals surface area contributed by atoms with Crippen molar-refractivity contribution in [1.82, 2.24) is 10.6 Å². The van der Waals surface area contributed by atoms with Gasteiger partial charge in [0.05, 0.1) is 20.8 Å². The zero-order chi connectivity index (χ0) is 14.1. The van der Waals surface area contributed by atoms with Crippen LogP contribution in [0, 0.1) is 0 Å². The molecular formula is C14H20N2O3. The van der Waals surface area contributed by atoms with Crippen LogP contribution < -0.4 is 20.1 Å². The third kappa shape index (κ3) is 5.01. The minimum atomic E-state index is -0.0587. The predicted molar refractivity (Wildman–Crippen MR) is 74.5 cm³/mol. The zero-order valence-electron chi connectivity index (χ0n) is 11.4. The molecule has 104 valence electrons. The minimum absolute atomic E-state index is 0.0587. The molecule has 0 spiro atoms. The van der Waals surface area contributed by atoms with E-state index in [0.717, 1.165) is 5.56 Å². The van der Waals surface area contributed by atoms with Gasteiger partial charge in [0, 0.05) is 13.1 Å². The molecule has 0 heterocycles. The second-order valence-corrected chi connectivity index (χ2v) is 3.89. The Morgan fingerprint density at radius 3 is 2.68 bits per heavy atom. The van der Waals surface area contributed by atoms with E-state index < -0.39 is 0 Å². The summed E-state index contributed by atoms with van der Waals surface area (Å²) in [4.78, 5) is 11.5. The maximum absolute atomic E-state index is 11.5. The maximum atomic E-state index is 11.5. The standard InChI is InChI=1S/C14H20N2O3/c1-4-7-15-10-14(17)16-9-11-5-6-12(18-2)13(8-11)19-3/h4-6,8,15H,1,7,9-10H2,2-3H3,(H,16,17). The number of rotatable bonds is 8. The fourth-order valence-electron chi connectivity index (χ4n) is 1.54. The second-order valence-electron chi connectivity index (χ2n) is 3.89. The van der Waals surface area contributed by atoms with Gasteiger partial charge in [-0.2, -0.15) is 0 Å². The van der Waals surface area contributed by atoms with Crippen LogP contribution in [0.3, 0.4) is 0 Å². The molecule has 0 saturated heterocycles. The molecule has 1 amide bonds. The predicted octanol–water partition coefficient (Wildman–Crippen LogP) is 1.10. The van der Waals surface area contributed by atoms with Gasteiger partial charge < -0.3 is 20.1 Å². The number of benzene rings is 1. The first-order chi connectivity index (χ1) is 9.21. The van der Waals surface area contributed by atoms with E-state index in [0.29, 0.717) is 24.6 Å². The summed E-state index contributed by atoms with van der Waals surface area (Å²) in [5.74, 6) is 1.26. The number of amides is 1. The van der Waals surface area contributed by atoms with Crippen LogP contribution in [-0.4, -0.2) is 33.2 Å². The van der Waals surface area contributed by atoms with Gasteiger partial charge in [0.2, 0.25) is 5.91 Å². The molecule has 0 bridgehead atoms. The van der Waals surface area contributed by atoms with Crippen LogP contribution in [0.5, 0.6) is 11.5 Å². The molecule has 0 fully saturated rings. The van der Waals surface area contributed by atoms with Gasteiger partial charge in [-0.25, -0.2) is 0 Å². The van der Waals surface area contributed by atoms with Crippen LogP contribution in [0.2, 0.25) is 0 Å². The van der Waals surface area contributed by atoms with Crippen LogP contribution in [-0.2, 0) is 11.3 Å². The highest BCUT2D eigenvalue weighted by molar-refractivity contribution is 5.78. The summed E-state index contributed by atoms with van der Waals surface area (Å²) in [6, 6.07) is 5.55. The number of methoxy groups -OCH3 is 2. The van der Waals surface area contributed by atoms with Gasteiger partial charge in [-0.15, -0.1) is 6.58 Å². The van der Waals surface area contributed by atoms with E-state index in [2.05, 4.69) is 17.2 Å². The molecule has 5 nitrogen and oxygen atoms in total. The van der Waals surface area contributed by atoms with E-state index in [1.165, 1.54) is 0 Å². The van der Waals surface area contributed by atoms with E-state index in [1.54, 1.807) is 20.3 Å². The van der Waals surface area contributed by atoms with Crippen LogP contribution in [0.4, 0.5) is 0 Å². The van der Waals surface area contributed by atoms with E-state index >= 15 is 0 Å². The molecule has 0 aliphatic carbocycles. The highest BCUT2D eigenvalue weighted by Crippen LogP contribution is 2.27. The Morgan fingerprint density at radius 1 is 1.32 bits per heavy atom. The number of carbonyl (C=O) groups is 1. The molecule has 1 rings (SSSR count). The molecule has 19 heavy (non-hydrogen) atoms. The van der Waals surface area contributed by atoms with Crippen molar-refractivity contribution in [3.05, 3.63) is 36.4 Å². The summed E-state index contributed by atoms with van der Waals surface area (Å²) < 4.78 is 10.4. The number of carbonyl (C=O) groups excluding carboxylic acids is 1. The maximum Gasteiger partial charge on any atom is 0.234 e. The van der Waals surface area contributed by atoms with Gasteiger partial charge in [-0.1, -0.05) is 12.1 Å². The summed E-state index contributed by atoms with van der Waals surface area (Å²) in [7, 11) is 3.17. The third-order valence-electron chi connectivity index (χ3n) is 2.51. The monoisotopic (exact) mass is 264 g/mol. The highest BCUT2D eigenvalue weighted by Gasteiger charge is 2.05. The molecule has 0 atom stereocenters. The third-order valence-corrected chi connectivity index (χ3v) is 2.51. The minimum Gasteiger partial charge on any atom is -0.493 e. The SMILES string of the molecule is C=CCNCC(=O)NCc1ccc(OC)c(OC)c1. The molecule has 0 saturated carbocycles. The fourth-order valence-corrected chi connectivity index (χ4v) is 1.54. The van der Waals surface area contributed by atoms with Crippen molar-refractivity contribution in [2.75, 3.05) is 27.3 Å². The summed E-state index contributed by atoms with van der Waals surface area (Å²) in [6.07, 6.45) is 1.71. The largest absolute Gasteiger partial charge is 0.493 e. The van der Waals surface area contributed by atoms with Crippen molar-refractivity contribution in [3.8, 4) is 11.5 Å². The van der Waals surface area contributed by atoms with Crippen LogP contribution in [0.1, 0.15) is 5.56 Å². The van der Waals surface area contributed by atoms with Gasteiger partial charge >= 0.3 is 0 Å². The number of ether oxygens (including phenoxy) is 2. The normalized spacial score (nSPS) is 9.79. The van der Waals surface area contributed by atoms with Gasteiger partial charge in [0.1, 0.15) is 0 Å². The molecule has 0 unspecified atom stereocenters. The van der Waals surface area contributed by atoms with Crippen molar-refractivity contribution in [2.45, 2.75) is 6.54 Å². The van der Waals surface area contributed by atoms with Crippen LogP contribution in [0.25, 0.3) is 0 Å². The second kappa shape index (κ2) is 8.16. The summed E-state index contributed by atoms with van der Waals surface area (Å²) in [5, 5.41) is 5.75. The van der Waals surface area contributed by atoms with Gasteiger partial charge in [-0.05, 0) is 17.7 Å². The topological polar surface area (TPSA) is 59.6 Å². The van der Waals surface area contributed by atoms with E-state index in [9.17, 15) is 4.79 Å². The Kier molecular flexibility index (Phi) is 6.46. The van der Waals surface area contributed by atoms with Crippen molar-refractivity contribution in [2.24, 2.45) is 0 Å². The van der Waals surface area contributed by atoms with Crippen LogP contribution in [0.15, 0.2) is 30.9 Å². The summed E-state index contributed by atoms with van der Waals surface area (Å²) >= 11 is 0. The molecule has 2 N–H and O–H groups in total. The Balaban J connectivity index is 2.49.